The van der Waals surface area contributed by atoms with Gasteiger partial charge in [-0.2, -0.15) is 0 Å². The van der Waals surface area contributed by atoms with Crippen molar-refractivity contribution in [3.63, 3.8) is 0 Å². The Hall–Kier alpha value is -1.55. The minimum Gasteiger partial charge on any atom is -0.373 e. The van der Waals surface area contributed by atoms with E-state index in [1.165, 1.54) is 36.9 Å². The molecule has 1 aromatic carbocycles. The molecule has 4 rings (SSSR count). The second-order valence-corrected chi connectivity index (χ2v) is 7.54. The number of carbonyl (C=O) groups excluding carboxylic acids is 1. The molecule has 4 nitrogen and oxygen atoms in total. The van der Waals surface area contributed by atoms with Crippen LogP contribution in [0.2, 0.25) is 0 Å². The van der Waals surface area contributed by atoms with Crippen molar-refractivity contribution in [3.8, 4) is 0 Å². The molecule has 2 fully saturated rings. The summed E-state index contributed by atoms with van der Waals surface area (Å²) in [5.74, 6) is 0.930. The van der Waals surface area contributed by atoms with Crippen LogP contribution < -0.4 is 10.2 Å². The van der Waals surface area contributed by atoms with Gasteiger partial charge in [0.25, 0.3) is 0 Å². The summed E-state index contributed by atoms with van der Waals surface area (Å²) in [5, 5.41) is 3.67. The maximum Gasteiger partial charge on any atom is 0.223 e. The van der Waals surface area contributed by atoms with Crippen LogP contribution in [0.5, 0.6) is 0 Å². The number of benzene rings is 1. The highest BCUT2D eigenvalue weighted by molar-refractivity contribution is 5.77. The van der Waals surface area contributed by atoms with Crippen molar-refractivity contribution in [2.45, 2.75) is 50.7 Å². The quantitative estimate of drug-likeness (QED) is 0.910. The van der Waals surface area contributed by atoms with Crippen LogP contribution in [0.4, 0.5) is 5.69 Å². The Labute approximate surface area is 138 Å². The molecule has 4 heteroatoms. The Morgan fingerprint density at radius 3 is 2.70 bits per heavy atom. The zero-order valence-corrected chi connectivity index (χ0v) is 14.0. The predicted molar refractivity (Wildman–Crippen MR) is 92.4 cm³/mol. The lowest BCUT2D eigenvalue weighted by atomic mass is 9.89. The van der Waals surface area contributed by atoms with E-state index in [4.69, 9.17) is 0 Å². The zero-order chi connectivity index (χ0) is 15.8. The first-order valence-electron chi connectivity index (χ1n) is 9.02. The van der Waals surface area contributed by atoms with Gasteiger partial charge in [0, 0.05) is 50.9 Å². The highest BCUT2D eigenvalue weighted by atomic mass is 16.2. The number of nitrogens with one attached hydrogen (secondary N) is 1. The van der Waals surface area contributed by atoms with Gasteiger partial charge in [0.2, 0.25) is 5.91 Å². The molecule has 2 bridgehead atoms. The molecule has 1 amide bonds. The molecule has 2 saturated heterocycles. The lowest BCUT2D eigenvalue weighted by Gasteiger charge is -2.30. The summed E-state index contributed by atoms with van der Waals surface area (Å²) in [4.78, 5) is 17.2. The van der Waals surface area contributed by atoms with Crippen molar-refractivity contribution < 1.29 is 4.79 Å². The summed E-state index contributed by atoms with van der Waals surface area (Å²) in [6.45, 7) is 2.51. The number of hydrogen-bond donors (Lipinski definition) is 1. The SMILES string of the molecule is CN1CCN(C(=O)CC2CC3CCC(C2)N3)Cc2ccccc21. The topological polar surface area (TPSA) is 35.6 Å². The first-order valence-corrected chi connectivity index (χ1v) is 9.02. The second-order valence-electron chi connectivity index (χ2n) is 7.54. The second kappa shape index (κ2) is 6.16. The molecule has 23 heavy (non-hydrogen) atoms. The molecular weight excluding hydrogens is 286 g/mol. The third-order valence-corrected chi connectivity index (χ3v) is 5.86. The Morgan fingerprint density at radius 1 is 1.17 bits per heavy atom. The number of para-hydroxylation sites is 1. The zero-order valence-electron chi connectivity index (χ0n) is 14.0. The number of hydrogen-bond acceptors (Lipinski definition) is 3. The van der Waals surface area contributed by atoms with E-state index in [1.54, 1.807) is 0 Å². The number of likely N-dealkylation sites (N-methyl/N-ethyl adjacent to an activating group) is 1. The average Bonchev–Trinajstić information content (AvgIpc) is 2.79. The van der Waals surface area contributed by atoms with E-state index in [-0.39, 0.29) is 0 Å². The number of nitrogens with zero attached hydrogens (tertiary/aromatic N) is 2. The van der Waals surface area contributed by atoms with Gasteiger partial charge < -0.3 is 15.1 Å². The Balaban J connectivity index is 1.43. The van der Waals surface area contributed by atoms with E-state index in [9.17, 15) is 4.79 Å². The molecular formula is C19H27N3O. The summed E-state index contributed by atoms with van der Waals surface area (Å²) < 4.78 is 0. The summed E-state index contributed by atoms with van der Waals surface area (Å²) in [5.41, 5.74) is 2.54. The van der Waals surface area contributed by atoms with Gasteiger partial charge in [-0.25, -0.2) is 0 Å². The monoisotopic (exact) mass is 313 g/mol. The van der Waals surface area contributed by atoms with Crippen molar-refractivity contribution >= 4 is 11.6 Å². The van der Waals surface area contributed by atoms with Gasteiger partial charge in [-0.15, -0.1) is 0 Å². The third-order valence-electron chi connectivity index (χ3n) is 5.86. The van der Waals surface area contributed by atoms with Gasteiger partial charge >= 0.3 is 0 Å². The van der Waals surface area contributed by atoms with Gasteiger partial charge in [-0.3, -0.25) is 4.79 Å². The summed E-state index contributed by atoms with van der Waals surface area (Å²) in [6.07, 6.45) is 5.72. The number of amides is 1. The first kappa shape index (κ1) is 15.0. The van der Waals surface area contributed by atoms with Crippen LogP contribution in [0.15, 0.2) is 24.3 Å². The summed E-state index contributed by atoms with van der Waals surface area (Å²) in [7, 11) is 2.12. The van der Waals surface area contributed by atoms with Crippen LogP contribution >= 0.6 is 0 Å². The molecule has 1 aromatic rings. The number of carbonyl (C=O) groups is 1. The molecule has 0 aliphatic carbocycles. The van der Waals surface area contributed by atoms with Gasteiger partial charge in [0.05, 0.1) is 0 Å². The Morgan fingerprint density at radius 2 is 1.91 bits per heavy atom. The van der Waals surface area contributed by atoms with Crippen molar-refractivity contribution in [2.75, 3.05) is 25.0 Å². The molecule has 0 saturated carbocycles. The highest BCUT2D eigenvalue weighted by Gasteiger charge is 2.35. The molecule has 124 valence electrons. The normalized spacial score (nSPS) is 30.0. The number of fused-ring (bicyclic) bond motifs is 3. The van der Waals surface area contributed by atoms with Crippen LogP contribution in [0.1, 0.15) is 37.7 Å². The van der Waals surface area contributed by atoms with Crippen molar-refractivity contribution in [3.05, 3.63) is 29.8 Å². The largest absolute Gasteiger partial charge is 0.373 e. The minimum absolute atomic E-state index is 0.349. The van der Waals surface area contributed by atoms with Gasteiger partial charge in [-0.05, 0) is 43.2 Å². The van der Waals surface area contributed by atoms with Crippen LogP contribution in [-0.2, 0) is 11.3 Å². The molecule has 2 unspecified atom stereocenters. The number of anilines is 1. The lowest BCUT2D eigenvalue weighted by molar-refractivity contribution is -0.132. The fraction of sp³-hybridized carbons (Fsp3) is 0.632. The molecule has 3 aliphatic heterocycles. The standard InChI is InChI=1S/C19H27N3O/c1-21-8-9-22(13-15-4-2-3-5-18(15)21)19(23)12-14-10-16-6-7-17(11-14)20-16/h2-5,14,16-17,20H,6-13H2,1H3. The number of piperidine rings is 1. The van der Waals surface area contributed by atoms with E-state index >= 15 is 0 Å². The third kappa shape index (κ3) is 3.09. The highest BCUT2D eigenvalue weighted by Crippen LogP contribution is 2.33. The van der Waals surface area contributed by atoms with E-state index in [2.05, 4.69) is 46.4 Å². The Bertz CT molecular complexity index is 576. The Kier molecular flexibility index (Phi) is 4.02. The fourth-order valence-corrected chi connectivity index (χ4v) is 4.62. The molecule has 0 spiro atoms. The van der Waals surface area contributed by atoms with Crippen molar-refractivity contribution in [1.29, 1.82) is 0 Å². The lowest BCUT2D eigenvalue weighted by Crippen LogP contribution is -2.41. The van der Waals surface area contributed by atoms with E-state index in [0.29, 0.717) is 23.9 Å². The minimum atomic E-state index is 0.349. The van der Waals surface area contributed by atoms with Crippen molar-refractivity contribution in [1.82, 2.24) is 10.2 Å². The van der Waals surface area contributed by atoms with Crippen LogP contribution in [0, 0.1) is 5.92 Å². The first-order chi connectivity index (χ1) is 11.2. The molecule has 0 aromatic heterocycles. The number of rotatable bonds is 2. The van der Waals surface area contributed by atoms with Crippen molar-refractivity contribution in [2.24, 2.45) is 5.92 Å². The van der Waals surface area contributed by atoms with Gasteiger partial charge in [0.1, 0.15) is 0 Å². The van der Waals surface area contributed by atoms with E-state index in [0.717, 1.165) is 26.1 Å². The van der Waals surface area contributed by atoms with Crippen LogP contribution in [0.3, 0.4) is 0 Å². The fourth-order valence-electron chi connectivity index (χ4n) is 4.62. The van der Waals surface area contributed by atoms with Crippen LogP contribution in [-0.4, -0.2) is 43.0 Å². The molecule has 2 atom stereocenters. The molecule has 3 aliphatic rings. The molecule has 1 N–H and O–H groups in total. The van der Waals surface area contributed by atoms with Crippen LogP contribution in [0.25, 0.3) is 0 Å². The molecule has 3 heterocycles. The smallest absolute Gasteiger partial charge is 0.223 e. The average molecular weight is 313 g/mol. The van der Waals surface area contributed by atoms with Gasteiger partial charge in [-0.1, -0.05) is 18.2 Å². The maximum absolute atomic E-state index is 12.9. The molecule has 0 radical (unpaired) electrons. The van der Waals surface area contributed by atoms with Gasteiger partial charge in [0.15, 0.2) is 0 Å². The summed E-state index contributed by atoms with van der Waals surface area (Å²) in [6, 6.07) is 9.81. The van der Waals surface area contributed by atoms with E-state index < -0.39 is 0 Å². The summed E-state index contributed by atoms with van der Waals surface area (Å²) >= 11 is 0. The maximum atomic E-state index is 12.9. The van der Waals surface area contributed by atoms with E-state index in [1.807, 2.05) is 0 Å². The predicted octanol–water partition coefficient (Wildman–Crippen LogP) is 2.39.